The first-order valence-electron chi connectivity index (χ1n) is 9.52. The van der Waals surface area contributed by atoms with Crippen molar-refractivity contribution >= 4 is 32.0 Å². The van der Waals surface area contributed by atoms with E-state index >= 15 is 0 Å². The highest BCUT2D eigenvalue weighted by molar-refractivity contribution is 7.93. The van der Waals surface area contributed by atoms with Gasteiger partial charge in [0, 0.05) is 25.7 Å². The fourth-order valence-electron chi connectivity index (χ4n) is 2.51. The minimum atomic E-state index is -4.99. The molecule has 0 spiro atoms. The summed E-state index contributed by atoms with van der Waals surface area (Å²) in [4.78, 5) is 33.9. The molecule has 0 saturated carbocycles. The van der Waals surface area contributed by atoms with Crippen molar-refractivity contribution in [3.8, 4) is 0 Å². The van der Waals surface area contributed by atoms with Gasteiger partial charge in [-0.15, -0.1) is 0 Å². The molecule has 0 aliphatic rings. The van der Waals surface area contributed by atoms with Gasteiger partial charge >= 0.3 is 22.2 Å². The van der Waals surface area contributed by atoms with E-state index in [1.165, 1.54) is 52.3 Å². The molecule has 1 aromatic carbocycles. The van der Waals surface area contributed by atoms with Crippen molar-refractivity contribution in [2.45, 2.75) is 42.7 Å². The van der Waals surface area contributed by atoms with Crippen molar-refractivity contribution in [1.82, 2.24) is 14.4 Å². The van der Waals surface area contributed by atoms with Gasteiger partial charge in [-0.2, -0.15) is 8.42 Å². The molecule has 2 aromatic rings. The summed E-state index contributed by atoms with van der Waals surface area (Å²) in [7, 11) is -7.68. The van der Waals surface area contributed by atoms with Crippen LogP contribution in [0.3, 0.4) is 0 Å². The van der Waals surface area contributed by atoms with Crippen molar-refractivity contribution in [3.05, 3.63) is 54.4 Å². The zero-order valence-electron chi connectivity index (χ0n) is 18.8. The Kier molecular flexibility index (Phi) is 7.70. The maximum absolute atomic E-state index is 13.3. The quantitative estimate of drug-likeness (QED) is 0.568. The molecule has 0 aliphatic carbocycles. The SMILES string of the molecule is CN(Cc1cccnc1)C(=O)ON(C(=O)OC(C)(C)C)S(=O)(=O)c1ccccc1S(C)(=O)=O. The van der Waals surface area contributed by atoms with Crippen LogP contribution in [-0.4, -0.2) is 62.3 Å². The number of benzene rings is 1. The number of carbonyl (C=O) groups is 2. The number of carbonyl (C=O) groups excluding carboxylic acids is 2. The van der Waals surface area contributed by atoms with E-state index in [1.54, 1.807) is 12.1 Å². The number of sulfonamides is 1. The fraction of sp³-hybridized carbons (Fsp3) is 0.350. The Morgan fingerprint density at radius 3 is 2.09 bits per heavy atom. The highest BCUT2D eigenvalue weighted by Crippen LogP contribution is 2.26. The van der Waals surface area contributed by atoms with Crippen LogP contribution in [0.25, 0.3) is 0 Å². The van der Waals surface area contributed by atoms with Crippen LogP contribution in [0.15, 0.2) is 58.6 Å². The Morgan fingerprint density at radius 2 is 1.58 bits per heavy atom. The largest absolute Gasteiger partial charge is 0.459 e. The molecule has 0 bridgehead atoms. The fourth-order valence-corrected chi connectivity index (χ4v) is 5.19. The maximum atomic E-state index is 13.3. The second-order valence-electron chi connectivity index (χ2n) is 8.01. The summed E-state index contributed by atoms with van der Waals surface area (Å²) < 4.78 is 55.7. The molecule has 2 rings (SSSR count). The molecule has 0 fully saturated rings. The van der Waals surface area contributed by atoms with Crippen molar-refractivity contribution in [3.63, 3.8) is 0 Å². The van der Waals surface area contributed by atoms with E-state index < -0.39 is 47.4 Å². The lowest BCUT2D eigenvalue weighted by atomic mass is 10.2. The molecule has 2 amide bonds. The van der Waals surface area contributed by atoms with Gasteiger partial charge in [-0.1, -0.05) is 18.2 Å². The van der Waals surface area contributed by atoms with Crippen LogP contribution in [0, 0.1) is 0 Å². The number of ether oxygens (including phenoxy) is 1. The third kappa shape index (κ3) is 6.89. The lowest BCUT2D eigenvalue weighted by Crippen LogP contribution is -2.44. The number of pyridine rings is 1. The summed E-state index contributed by atoms with van der Waals surface area (Å²) in [5, 5.41) is 0. The summed E-state index contributed by atoms with van der Waals surface area (Å²) in [6.07, 6.45) is 1.12. The predicted molar refractivity (Wildman–Crippen MR) is 117 cm³/mol. The molecule has 13 heteroatoms. The summed E-state index contributed by atoms with van der Waals surface area (Å²) in [6, 6.07) is 7.96. The lowest BCUT2D eigenvalue weighted by Gasteiger charge is -2.27. The summed E-state index contributed by atoms with van der Waals surface area (Å²) in [5.41, 5.74) is -0.527. The first-order chi connectivity index (χ1) is 15.1. The van der Waals surface area contributed by atoms with Crippen LogP contribution < -0.4 is 0 Å². The molecule has 0 aliphatic heterocycles. The average molecular weight is 500 g/mol. The number of nitrogens with zero attached hydrogens (tertiary/aromatic N) is 3. The van der Waals surface area contributed by atoms with Crippen LogP contribution in [0.5, 0.6) is 0 Å². The van der Waals surface area contributed by atoms with Crippen LogP contribution in [0.4, 0.5) is 9.59 Å². The van der Waals surface area contributed by atoms with Crippen LogP contribution in [-0.2, 0) is 36.0 Å². The van der Waals surface area contributed by atoms with Crippen LogP contribution in [0.1, 0.15) is 26.3 Å². The molecule has 180 valence electrons. The average Bonchev–Trinajstić information content (AvgIpc) is 2.70. The van der Waals surface area contributed by atoms with E-state index in [9.17, 15) is 26.4 Å². The van der Waals surface area contributed by atoms with Crippen LogP contribution in [0.2, 0.25) is 0 Å². The van der Waals surface area contributed by atoms with Gasteiger partial charge in [0.25, 0.3) is 0 Å². The summed E-state index contributed by atoms with van der Waals surface area (Å²) in [5.74, 6) is 0. The number of aromatic nitrogens is 1. The van der Waals surface area contributed by atoms with Gasteiger partial charge in [-0.25, -0.2) is 18.0 Å². The normalized spacial score (nSPS) is 12.0. The van der Waals surface area contributed by atoms with E-state index in [0.29, 0.717) is 5.56 Å². The number of sulfone groups is 1. The Bertz CT molecular complexity index is 1220. The Hall–Kier alpha value is -3.19. The Labute approximate surface area is 192 Å². The smallest absolute Gasteiger partial charge is 0.441 e. The third-order valence-electron chi connectivity index (χ3n) is 3.90. The zero-order valence-corrected chi connectivity index (χ0v) is 20.4. The Morgan fingerprint density at radius 1 is 0.970 bits per heavy atom. The number of hydroxylamine groups is 1. The van der Waals surface area contributed by atoms with Gasteiger partial charge in [0.15, 0.2) is 9.84 Å². The minimum absolute atomic E-state index is 0.00515. The highest BCUT2D eigenvalue weighted by Gasteiger charge is 2.40. The van der Waals surface area contributed by atoms with Crippen molar-refractivity contribution in [1.29, 1.82) is 0 Å². The molecule has 1 aromatic heterocycles. The number of rotatable bonds is 5. The third-order valence-corrected chi connectivity index (χ3v) is 6.76. The molecule has 0 radical (unpaired) electrons. The molecule has 0 atom stereocenters. The van der Waals surface area contributed by atoms with Crippen molar-refractivity contribution in [2.75, 3.05) is 13.3 Å². The van der Waals surface area contributed by atoms with Crippen molar-refractivity contribution < 1.29 is 36.0 Å². The van der Waals surface area contributed by atoms with Gasteiger partial charge in [0.1, 0.15) is 10.5 Å². The predicted octanol–water partition coefficient (Wildman–Crippen LogP) is 2.59. The second kappa shape index (κ2) is 9.75. The number of hydrogen-bond donors (Lipinski definition) is 0. The highest BCUT2D eigenvalue weighted by atomic mass is 32.2. The van der Waals surface area contributed by atoms with E-state index in [4.69, 9.17) is 9.57 Å². The maximum Gasteiger partial charge on any atom is 0.459 e. The molecule has 0 unspecified atom stereocenters. The second-order valence-corrected chi connectivity index (χ2v) is 11.7. The molecule has 0 N–H and O–H groups in total. The molecular weight excluding hydrogens is 474 g/mol. The van der Waals surface area contributed by atoms with E-state index in [1.807, 2.05) is 0 Å². The van der Waals surface area contributed by atoms with Gasteiger partial charge in [-0.05, 0) is 49.0 Å². The van der Waals surface area contributed by atoms with Gasteiger partial charge in [0.2, 0.25) is 0 Å². The topological polar surface area (TPSA) is 140 Å². The van der Waals surface area contributed by atoms with E-state index in [0.717, 1.165) is 23.3 Å². The zero-order chi connectivity index (χ0) is 25.0. The van der Waals surface area contributed by atoms with E-state index in [2.05, 4.69) is 4.98 Å². The van der Waals surface area contributed by atoms with Crippen molar-refractivity contribution in [2.24, 2.45) is 0 Å². The molecular formula is C20H25N3O8S2. The van der Waals surface area contributed by atoms with Gasteiger partial charge < -0.3 is 9.64 Å². The minimum Gasteiger partial charge on any atom is -0.441 e. The van der Waals surface area contributed by atoms with Gasteiger partial charge in [0.05, 0.1) is 11.4 Å². The monoisotopic (exact) mass is 499 g/mol. The molecule has 33 heavy (non-hydrogen) atoms. The summed E-state index contributed by atoms with van der Waals surface area (Å²) >= 11 is 0. The first kappa shape index (κ1) is 26.1. The standard InChI is InChI=1S/C20H25N3O8S2/c1-20(2,3)30-19(25)23(31-18(24)22(4)14-15-9-8-12-21-13-15)33(28,29)17-11-7-6-10-16(17)32(5,26)27/h6-13H,14H2,1-5H3. The molecule has 11 nitrogen and oxygen atoms in total. The van der Waals surface area contributed by atoms with Crippen LogP contribution >= 0.6 is 0 Å². The van der Waals surface area contributed by atoms with E-state index in [-0.39, 0.29) is 11.0 Å². The number of amides is 2. The first-order valence-corrected chi connectivity index (χ1v) is 12.9. The Balaban J connectivity index is 2.46. The van der Waals surface area contributed by atoms with Gasteiger partial charge in [-0.3, -0.25) is 9.82 Å². The lowest BCUT2D eigenvalue weighted by molar-refractivity contribution is -0.0564. The molecule has 0 saturated heterocycles. The summed E-state index contributed by atoms with van der Waals surface area (Å²) in [6.45, 7) is 4.44. The number of hydrogen-bond acceptors (Lipinski definition) is 9. The molecule has 1 heterocycles.